The Kier molecular flexibility index (Phi) is 3.58. The molecule has 0 aromatic heterocycles. The fourth-order valence-electron chi connectivity index (χ4n) is 1.53. The second-order valence-corrected chi connectivity index (χ2v) is 3.83. The van der Waals surface area contributed by atoms with Crippen LogP contribution in [-0.2, 0) is 4.79 Å². The molecule has 1 rings (SSSR count). The van der Waals surface area contributed by atoms with Gasteiger partial charge >= 0.3 is 5.97 Å². The molecule has 0 saturated carbocycles. The van der Waals surface area contributed by atoms with Crippen LogP contribution < -0.4 is 0 Å². The summed E-state index contributed by atoms with van der Waals surface area (Å²) in [6.07, 6.45) is 0.395. The van der Waals surface area contributed by atoms with Gasteiger partial charge in [-0.25, -0.2) is 0 Å². The van der Waals surface area contributed by atoms with E-state index in [1.807, 2.05) is 0 Å². The van der Waals surface area contributed by atoms with Gasteiger partial charge in [0.15, 0.2) is 0 Å². The van der Waals surface area contributed by atoms with E-state index in [2.05, 4.69) is 0 Å². The molecule has 1 unspecified atom stereocenters. The molecule has 0 aliphatic rings. The molecule has 0 aliphatic carbocycles. The van der Waals surface area contributed by atoms with E-state index < -0.39 is 11.9 Å². The topological polar surface area (TPSA) is 57.5 Å². The van der Waals surface area contributed by atoms with Crippen molar-refractivity contribution in [1.29, 1.82) is 0 Å². The lowest BCUT2D eigenvalue weighted by atomic mass is 9.94. The van der Waals surface area contributed by atoms with Crippen molar-refractivity contribution in [2.45, 2.75) is 26.2 Å². The van der Waals surface area contributed by atoms with E-state index in [1.165, 1.54) is 0 Å². The van der Waals surface area contributed by atoms with E-state index in [0.717, 1.165) is 0 Å². The Morgan fingerprint density at radius 2 is 2.13 bits per heavy atom. The minimum Gasteiger partial charge on any atom is -0.507 e. The Bertz CT molecular complexity index is 388. The van der Waals surface area contributed by atoms with Crippen LogP contribution in [-0.4, -0.2) is 16.2 Å². The minimum atomic E-state index is -0.972. The van der Waals surface area contributed by atoms with Gasteiger partial charge in [-0.3, -0.25) is 4.79 Å². The fraction of sp³-hybridized carbons (Fsp3) is 0.364. The average molecular weight is 229 g/mol. The van der Waals surface area contributed by atoms with E-state index >= 15 is 0 Å². The number of carboxylic acids is 1. The third-order valence-electron chi connectivity index (χ3n) is 2.42. The Balaban J connectivity index is 3.34. The lowest BCUT2D eigenvalue weighted by Crippen LogP contribution is -2.11. The second-order valence-electron chi connectivity index (χ2n) is 3.43. The van der Waals surface area contributed by atoms with Gasteiger partial charge in [0.05, 0.1) is 5.92 Å². The van der Waals surface area contributed by atoms with Crippen molar-refractivity contribution in [2.24, 2.45) is 0 Å². The highest BCUT2D eigenvalue weighted by atomic mass is 35.5. The average Bonchev–Trinajstić information content (AvgIpc) is 2.18. The van der Waals surface area contributed by atoms with Crippen molar-refractivity contribution in [1.82, 2.24) is 0 Å². The van der Waals surface area contributed by atoms with Gasteiger partial charge in [-0.2, -0.15) is 0 Å². The molecule has 82 valence electrons. The Morgan fingerprint density at radius 1 is 1.53 bits per heavy atom. The molecule has 2 N–H and O–H groups in total. The van der Waals surface area contributed by atoms with Crippen LogP contribution in [0.1, 0.15) is 30.4 Å². The summed E-state index contributed by atoms with van der Waals surface area (Å²) in [5.74, 6) is -1.74. The first-order valence-electron chi connectivity index (χ1n) is 4.69. The molecule has 1 aromatic carbocycles. The number of aliphatic carboxylic acids is 1. The molecule has 3 nitrogen and oxygen atoms in total. The van der Waals surface area contributed by atoms with Crippen molar-refractivity contribution < 1.29 is 15.0 Å². The zero-order valence-corrected chi connectivity index (χ0v) is 9.38. The van der Waals surface area contributed by atoms with E-state index in [4.69, 9.17) is 16.7 Å². The maximum Gasteiger partial charge on any atom is 0.311 e. The molecule has 0 saturated heterocycles. The molecule has 0 heterocycles. The smallest absolute Gasteiger partial charge is 0.311 e. The van der Waals surface area contributed by atoms with Crippen molar-refractivity contribution >= 4 is 17.6 Å². The number of hydrogen-bond donors (Lipinski definition) is 2. The standard InChI is InChI=1S/C11H13ClO3/c1-3-7(11(14)15)9-8(12)5-4-6(2)10(9)13/h4-5,7,13H,3H2,1-2H3,(H,14,15). The summed E-state index contributed by atoms with van der Waals surface area (Å²) in [5.41, 5.74) is 0.945. The molecule has 1 aromatic rings. The number of phenols is 1. The number of rotatable bonds is 3. The number of hydrogen-bond acceptors (Lipinski definition) is 2. The first-order chi connectivity index (χ1) is 6.99. The van der Waals surface area contributed by atoms with Crippen LogP contribution in [0.4, 0.5) is 0 Å². The van der Waals surface area contributed by atoms with Crippen LogP contribution in [0, 0.1) is 6.92 Å². The van der Waals surface area contributed by atoms with Gasteiger partial charge < -0.3 is 10.2 Å². The molecule has 0 fully saturated rings. The number of halogens is 1. The second kappa shape index (κ2) is 4.53. The zero-order chi connectivity index (χ0) is 11.6. The molecule has 0 aliphatic heterocycles. The van der Waals surface area contributed by atoms with Crippen molar-refractivity contribution in [3.05, 3.63) is 28.3 Å². The SMILES string of the molecule is CCC(C(=O)O)c1c(Cl)ccc(C)c1O. The van der Waals surface area contributed by atoms with Crippen molar-refractivity contribution in [3.8, 4) is 5.75 Å². The maximum atomic E-state index is 11.0. The highest BCUT2D eigenvalue weighted by molar-refractivity contribution is 6.31. The van der Waals surface area contributed by atoms with Gasteiger partial charge in [-0.1, -0.05) is 24.6 Å². The molecule has 1 atom stereocenters. The highest BCUT2D eigenvalue weighted by Crippen LogP contribution is 2.36. The predicted molar refractivity (Wildman–Crippen MR) is 58.5 cm³/mol. The summed E-state index contributed by atoms with van der Waals surface area (Å²) < 4.78 is 0. The van der Waals surface area contributed by atoms with E-state index in [0.29, 0.717) is 22.6 Å². The summed E-state index contributed by atoms with van der Waals surface area (Å²) in [5, 5.41) is 19.1. The molecule has 0 spiro atoms. The molecule has 15 heavy (non-hydrogen) atoms. The molecule has 0 radical (unpaired) electrons. The van der Waals surface area contributed by atoms with E-state index in [9.17, 15) is 9.90 Å². The van der Waals surface area contributed by atoms with Gasteiger partial charge in [-0.15, -0.1) is 0 Å². The summed E-state index contributed by atoms with van der Waals surface area (Å²) in [6, 6.07) is 3.27. The summed E-state index contributed by atoms with van der Waals surface area (Å²) in [6.45, 7) is 3.46. The number of carboxylic acid groups (broad SMARTS) is 1. The molecule has 0 bridgehead atoms. The lowest BCUT2D eigenvalue weighted by molar-refractivity contribution is -0.138. The Morgan fingerprint density at radius 3 is 2.60 bits per heavy atom. The van der Waals surface area contributed by atoms with Gasteiger partial charge in [0.1, 0.15) is 5.75 Å². The lowest BCUT2D eigenvalue weighted by Gasteiger charge is -2.15. The fourth-order valence-corrected chi connectivity index (χ4v) is 1.81. The van der Waals surface area contributed by atoms with Crippen molar-refractivity contribution in [3.63, 3.8) is 0 Å². The number of benzene rings is 1. The first-order valence-corrected chi connectivity index (χ1v) is 5.07. The van der Waals surface area contributed by atoms with Gasteiger partial charge in [0, 0.05) is 10.6 Å². The molecular formula is C11H13ClO3. The molecule has 0 amide bonds. The Hall–Kier alpha value is -1.22. The quantitative estimate of drug-likeness (QED) is 0.836. The van der Waals surface area contributed by atoms with Gasteiger partial charge in [-0.05, 0) is 25.0 Å². The van der Waals surface area contributed by atoms with Crippen molar-refractivity contribution in [2.75, 3.05) is 0 Å². The van der Waals surface area contributed by atoms with Crippen LogP contribution in [0.2, 0.25) is 5.02 Å². The zero-order valence-electron chi connectivity index (χ0n) is 8.62. The first kappa shape index (κ1) is 11.9. The Labute approximate surface area is 93.3 Å². The summed E-state index contributed by atoms with van der Waals surface area (Å²) in [7, 11) is 0. The highest BCUT2D eigenvalue weighted by Gasteiger charge is 2.24. The number of aryl methyl sites for hydroxylation is 1. The number of carbonyl (C=O) groups is 1. The largest absolute Gasteiger partial charge is 0.507 e. The van der Waals surface area contributed by atoms with Crippen LogP contribution in [0.3, 0.4) is 0 Å². The van der Waals surface area contributed by atoms with Gasteiger partial charge in [0.2, 0.25) is 0 Å². The van der Waals surface area contributed by atoms with Gasteiger partial charge in [0.25, 0.3) is 0 Å². The summed E-state index contributed by atoms with van der Waals surface area (Å²) in [4.78, 5) is 11.0. The molecular weight excluding hydrogens is 216 g/mol. The van der Waals surface area contributed by atoms with E-state index in [1.54, 1.807) is 26.0 Å². The van der Waals surface area contributed by atoms with Crippen LogP contribution >= 0.6 is 11.6 Å². The monoisotopic (exact) mass is 228 g/mol. The summed E-state index contributed by atoms with van der Waals surface area (Å²) >= 11 is 5.90. The number of phenolic OH excluding ortho intramolecular Hbond substituents is 1. The third kappa shape index (κ3) is 2.23. The number of aromatic hydroxyl groups is 1. The van der Waals surface area contributed by atoms with Crippen LogP contribution in [0.5, 0.6) is 5.75 Å². The molecule has 4 heteroatoms. The van der Waals surface area contributed by atoms with E-state index in [-0.39, 0.29) is 5.75 Å². The normalized spacial score (nSPS) is 12.5. The van der Waals surface area contributed by atoms with Crippen LogP contribution in [0.15, 0.2) is 12.1 Å². The maximum absolute atomic E-state index is 11.0. The van der Waals surface area contributed by atoms with Crippen LogP contribution in [0.25, 0.3) is 0 Å². The predicted octanol–water partition coefficient (Wildman–Crippen LogP) is 2.93. The minimum absolute atomic E-state index is 0.0169. The third-order valence-corrected chi connectivity index (χ3v) is 2.75.